The lowest BCUT2D eigenvalue weighted by atomic mass is 9.89. The largest absolute Gasteiger partial charge is 0.486 e. The number of para-hydroxylation sites is 2. The standard InChI is InChI=1S/C18H25NO4/c1-18(21-10-11-22-18)14-6-8-19(9-7-14)12-15-13-20-16-4-2-3-5-17(16)23-15/h2-5,14-15H,6-13H2,1H3. The van der Waals surface area contributed by atoms with Crippen LogP contribution in [0.25, 0.3) is 0 Å². The minimum atomic E-state index is -0.366. The Morgan fingerprint density at radius 3 is 2.52 bits per heavy atom. The molecule has 0 spiro atoms. The fourth-order valence-corrected chi connectivity index (χ4v) is 3.85. The van der Waals surface area contributed by atoms with Gasteiger partial charge >= 0.3 is 0 Å². The number of rotatable bonds is 3. The van der Waals surface area contributed by atoms with E-state index < -0.39 is 0 Å². The highest BCUT2D eigenvalue weighted by atomic mass is 16.7. The van der Waals surface area contributed by atoms with Crippen LogP contribution in [0.2, 0.25) is 0 Å². The zero-order valence-electron chi connectivity index (χ0n) is 13.7. The minimum Gasteiger partial charge on any atom is -0.486 e. The van der Waals surface area contributed by atoms with E-state index in [1.54, 1.807) is 0 Å². The molecule has 5 heteroatoms. The molecule has 0 amide bonds. The molecule has 0 radical (unpaired) electrons. The van der Waals surface area contributed by atoms with Gasteiger partial charge in [-0.25, -0.2) is 0 Å². The summed E-state index contributed by atoms with van der Waals surface area (Å²) < 4.78 is 23.5. The summed E-state index contributed by atoms with van der Waals surface area (Å²) in [5, 5.41) is 0. The van der Waals surface area contributed by atoms with Crippen LogP contribution in [-0.4, -0.2) is 56.2 Å². The highest BCUT2D eigenvalue weighted by Crippen LogP contribution is 2.35. The molecule has 0 aromatic heterocycles. The quantitative estimate of drug-likeness (QED) is 0.855. The predicted octanol–water partition coefficient (Wildman–Crippen LogP) is 2.30. The number of nitrogens with zero attached hydrogens (tertiary/aromatic N) is 1. The molecule has 0 bridgehead atoms. The van der Waals surface area contributed by atoms with Gasteiger partial charge in [0.15, 0.2) is 17.3 Å². The Balaban J connectivity index is 1.29. The molecule has 4 rings (SSSR count). The molecular weight excluding hydrogens is 294 g/mol. The van der Waals surface area contributed by atoms with Crippen LogP contribution < -0.4 is 9.47 Å². The van der Waals surface area contributed by atoms with Crippen molar-refractivity contribution in [2.45, 2.75) is 31.7 Å². The number of ether oxygens (including phenoxy) is 4. The Kier molecular flexibility index (Phi) is 4.18. The summed E-state index contributed by atoms with van der Waals surface area (Å²) in [6.45, 7) is 7.21. The summed E-state index contributed by atoms with van der Waals surface area (Å²) in [5.41, 5.74) is 0. The Bertz CT molecular complexity index is 536. The summed E-state index contributed by atoms with van der Waals surface area (Å²) in [5.74, 6) is 1.84. The van der Waals surface area contributed by atoms with Crippen molar-refractivity contribution >= 4 is 0 Å². The summed E-state index contributed by atoms with van der Waals surface area (Å²) in [4.78, 5) is 2.47. The Morgan fingerprint density at radius 2 is 1.78 bits per heavy atom. The van der Waals surface area contributed by atoms with Gasteiger partial charge in [0.05, 0.1) is 13.2 Å². The smallest absolute Gasteiger partial charge is 0.168 e. The van der Waals surface area contributed by atoms with Crippen LogP contribution in [0.4, 0.5) is 0 Å². The van der Waals surface area contributed by atoms with Crippen molar-refractivity contribution in [1.82, 2.24) is 4.90 Å². The molecule has 126 valence electrons. The maximum absolute atomic E-state index is 6.07. The van der Waals surface area contributed by atoms with E-state index in [4.69, 9.17) is 18.9 Å². The zero-order chi connectivity index (χ0) is 15.7. The molecule has 0 N–H and O–H groups in total. The number of hydrogen-bond donors (Lipinski definition) is 0. The van der Waals surface area contributed by atoms with Crippen molar-refractivity contribution < 1.29 is 18.9 Å². The lowest BCUT2D eigenvalue weighted by Gasteiger charge is -2.40. The second-order valence-electron chi connectivity index (χ2n) is 6.79. The second kappa shape index (κ2) is 6.30. The number of hydrogen-bond acceptors (Lipinski definition) is 5. The highest BCUT2D eigenvalue weighted by Gasteiger charge is 2.41. The van der Waals surface area contributed by atoms with Crippen LogP contribution in [0.5, 0.6) is 11.5 Å². The van der Waals surface area contributed by atoms with Crippen LogP contribution in [0.3, 0.4) is 0 Å². The minimum absolute atomic E-state index is 0.107. The van der Waals surface area contributed by atoms with E-state index in [-0.39, 0.29) is 11.9 Å². The first kappa shape index (κ1) is 15.2. The maximum atomic E-state index is 6.07. The predicted molar refractivity (Wildman–Crippen MR) is 85.8 cm³/mol. The molecular formula is C18H25NO4. The van der Waals surface area contributed by atoms with E-state index in [0.717, 1.165) is 57.2 Å². The van der Waals surface area contributed by atoms with E-state index in [0.29, 0.717) is 12.5 Å². The monoisotopic (exact) mass is 319 g/mol. The molecule has 3 aliphatic heterocycles. The SMILES string of the molecule is CC1(C2CCN(CC3COc4ccccc4O3)CC2)OCCO1. The van der Waals surface area contributed by atoms with Crippen LogP contribution in [-0.2, 0) is 9.47 Å². The summed E-state index contributed by atoms with van der Waals surface area (Å²) >= 11 is 0. The van der Waals surface area contributed by atoms with Gasteiger partial charge in [-0.15, -0.1) is 0 Å². The molecule has 3 heterocycles. The molecule has 0 aliphatic carbocycles. The maximum Gasteiger partial charge on any atom is 0.168 e. The number of piperidine rings is 1. The topological polar surface area (TPSA) is 40.2 Å². The van der Waals surface area contributed by atoms with Gasteiger partial charge in [-0.1, -0.05) is 12.1 Å². The number of benzene rings is 1. The molecule has 2 saturated heterocycles. The van der Waals surface area contributed by atoms with Crippen molar-refractivity contribution in [3.63, 3.8) is 0 Å². The average Bonchev–Trinajstić information content (AvgIpc) is 3.03. The molecule has 5 nitrogen and oxygen atoms in total. The molecule has 1 aromatic rings. The van der Waals surface area contributed by atoms with Gasteiger partial charge in [0.2, 0.25) is 0 Å². The summed E-state index contributed by atoms with van der Waals surface area (Å²) in [6, 6.07) is 7.89. The molecule has 1 unspecified atom stereocenters. The van der Waals surface area contributed by atoms with E-state index in [1.165, 1.54) is 0 Å². The molecule has 23 heavy (non-hydrogen) atoms. The van der Waals surface area contributed by atoms with Gasteiger partial charge in [-0.3, -0.25) is 4.90 Å². The van der Waals surface area contributed by atoms with Gasteiger partial charge in [0, 0.05) is 12.5 Å². The van der Waals surface area contributed by atoms with Crippen LogP contribution in [0, 0.1) is 5.92 Å². The molecule has 2 fully saturated rings. The third-order valence-corrected chi connectivity index (χ3v) is 5.22. The van der Waals surface area contributed by atoms with Crippen molar-refractivity contribution in [3.05, 3.63) is 24.3 Å². The second-order valence-corrected chi connectivity index (χ2v) is 6.79. The Labute approximate surface area is 137 Å². The van der Waals surface area contributed by atoms with E-state index in [2.05, 4.69) is 11.8 Å². The Morgan fingerprint density at radius 1 is 1.09 bits per heavy atom. The molecule has 1 aromatic carbocycles. The number of fused-ring (bicyclic) bond motifs is 1. The molecule has 1 atom stereocenters. The van der Waals surface area contributed by atoms with Gasteiger partial charge < -0.3 is 18.9 Å². The number of likely N-dealkylation sites (tertiary alicyclic amines) is 1. The highest BCUT2D eigenvalue weighted by molar-refractivity contribution is 5.40. The first-order valence-corrected chi connectivity index (χ1v) is 8.62. The van der Waals surface area contributed by atoms with Gasteiger partial charge in [-0.05, 0) is 45.0 Å². The lowest BCUT2D eigenvalue weighted by Crippen LogP contribution is -2.48. The van der Waals surface area contributed by atoms with Crippen molar-refractivity contribution in [1.29, 1.82) is 0 Å². The fourth-order valence-electron chi connectivity index (χ4n) is 3.85. The first-order chi connectivity index (χ1) is 11.2. The molecule has 0 saturated carbocycles. The van der Waals surface area contributed by atoms with Crippen LogP contribution in [0.15, 0.2) is 24.3 Å². The van der Waals surface area contributed by atoms with Crippen molar-refractivity contribution in [3.8, 4) is 11.5 Å². The third kappa shape index (κ3) is 3.18. The van der Waals surface area contributed by atoms with Crippen LogP contribution in [0.1, 0.15) is 19.8 Å². The van der Waals surface area contributed by atoms with Crippen LogP contribution >= 0.6 is 0 Å². The normalized spacial score (nSPS) is 28.0. The first-order valence-electron chi connectivity index (χ1n) is 8.62. The van der Waals surface area contributed by atoms with E-state index in [1.807, 2.05) is 24.3 Å². The Hall–Kier alpha value is -1.30. The fraction of sp³-hybridized carbons (Fsp3) is 0.667. The van der Waals surface area contributed by atoms with Gasteiger partial charge in [0.1, 0.15) is 12.7 Å². The van der Waals surface area contributed by atoms with Gasteiger partial charge in [0.25, 0.3) is 0 Å². The molecule has 3 aliphatic rings. The van der Waals surface area contributed by atoms with E-state index >= 15 is 0 Å². The average molecular weight is 319 g/mol. The van der Waals surface area contributed by atoms with E-state index in [9.17, 15) is 0 Å². The zero-order valence-corrected chi connectivity index (χ0v) is 13.7. The lowest BCUT2D eigenvalue weighted by molar-refractivity contribution is -0.191. The van der Waals surface area contributed by atoms with Gasteiger partial charge in [-0.2, -0.15) is 0 Å². The van der Waals surface area contributed by atoms with Crippen molar-refractivity contribution in [2.75, 3.05) is 39.5 Å². The third-order valence-electron chi connectivity index (χ3n) is 5.22. The summed E-state index contributed by atoms with van der Waals surface area (Å²) in [6.07, 6.45) is 2.33. The summed E-state index contributed by atoms with van der Waals surface area (Å²) in [7, 11) is 0. The van der Waals surface area contributed by atoms with Crippen molar-refractivity contribution in [2.24, 2.45) is 5.92 Å².